The van der Waals surface area contributed by atoms with Gasteiger partial charge in [0.15, 0.2) is 0 Å². The summed E-state index contributed by atoms with van der Waals surface area (Å²) in [6.45, 7) is 8.31. The Morgan fingerprint density at radius 3 is 2.15 bits per heavy atom. The normalized spacial score (nSPS) is 12.7. The third-order valence-electron chi connectivity index (χ3n) is 4.62. The predicted octanol–water partition coefficient (Wildman–Crippen LogP) is 2.01. The predicted molar refractivity (Wildman–Crippen MR) is 123 cm³/mol. The molecule has 33 heavy (non-hydrogen) atoms. The molecule has 2 atom stereocenters. The van der Waals surface area contributed by atoms with Gasteiger partial charge in [-0.1, -0.05) is 31.9 Å². The Morgan fingerprint density at radius 1 is 1.12 bits per heavy atom. The summed E-state index contributed by atoms with van der Waals surface area (Å²) in [7, 11) is 2.65. The van der Waals surface area contributed by atoms with Crippen molar-refractivity contribution < 1.29 is 28.7 Å². The number of esters is 1. The van der Waals surface area contributed by atoms with Gasteiger partial charge in [-0.3, -0.25) is 14.4 Å². The lowest BCUT2D eigenvalue weighted by atomic mass is 9.99. The van der Waals surface area contributed by atoms with Gasteiger partial charge in [0, 0.05) is 12.6 Å². The molecular formula is C24H33N3O6. The smallest absolute Gasteiger partial charge is 0.408 e. The number of alkyl carbamates (subject to hydrolysis) is 1. The molecule has 0 spiro atoms. The number of ether oxygens (including phenoxy) is 2. The van der Waals surface area contributed by atoms with E-state index in [1.807, 2.05) is 0 Å². The van der Waals surface area contributed by atoms with E-state index in [9.17, 15) is 19.2 Å². The van der Waals surface area contributed by atoms with E-state index in [2.05, 4.69) is 21.3 Å². The fraction of sp³-hybridized carbons (Fsp3) is 0.500. The molecule has 3 amide bonds. The molecule has 0 saturated heterocycles. The maximum absolute atomic E-state index is 13.4. The van der Waals surface area contributed by atoms with Gasteiger partial charge < -0.3 is 25.0 Å². The monoisotopic (exact) mass is 459 g/mol. The van der Waals surface area contributed by atoms with Crippen LogP contribution in [0.1, 0.15) is 51.8 Å². The van der Waals surface area contributed by atoms with E-state index >= 15 is 0 Å². The Kier molecular flexibility index (Phi) is 9.92. The Hall–Kier alpha value is -3.54. The lowest BCUT2D eigenvalue weighted by Gasteiger charge is -2.33. The second kappa shape index (κ2) is 11.9. The van der Waals surface area contributed by atoms with E-state index in [1.54, 1.807) is 58.9 Å². The van der Waals surface area contributed by atoms with Crippen molar-refractivity contribution >= 4 is 23.9 Å². The highest BCUT2D eigenvalue weighted by Gasteiger charge is 2.35. The molecule has 0 aliphatic heterocycles. The molecule has 0 saturated carbocycles. The number of amides is 3. The maximum Gasteiger partial charge on any atom is 0.408 e. The first-order chi connectivity index (χ1) is 15.3. The summed E-state index contributed by atoms with van der Waals surface area (Å²) in [5.74, 6) is 0.464. The molecule has 0 aliphatic carbocycles. The number of nitrogens with zero attached hydrogens (tertiary/aromatic N) is 1. The average molecular weight is 460 g/mol. The summed E-state index contributed by atoms with van der Waals surface area (Å²) in [6.07, 6.45) is 4.66. The summed E-state index contributed by atoms with van der Waals surface area (Å²) in [5.41, 5.74) is 0.343. The lowest BCUT2D eigenvalue weighted by Crippen LogP contribution is -2.53. The van der Waals surface area contributed by atoms with Crippen LogP contribution >= 0.6 is 0 Å². The number of nitrogens with one attached hydrogen (secondary N) is 2. The number of benzene rings is 1. The topological polar surface area (TPSA) is 114 Å². The van der Waals surface area contributed by atoms with E-state index in [0.717, 1.165) is 0 Å². The van der Waals surface area contributed by atoms with Gasteiger partial charge in [0.05, 0.1) is 7.11 Å². The SMILES string of the molecule is C#Cc1ccc(C(C(=O)NCC(=O)OC)N(C)C(=O)C(NC(=O)OC(C)(C)C)C(C)C)cc1. The first-order valence-electron chi connectivity index (χ1n) is 10.5. The molecule has 0 bridgehead atoms. The second-order valence-electron chi connectivity index (χ2n) is 8.78. The highest BCUT2D eigenvalue weighted by Crippen LogP contribution is 2.23. The van der Waals surface area contributed by atoms with Gasteiger partial charge in [-0.25, -0.2) is 4.79 Å². The number of terminal acetylenes is 1. The van der Waals surface area contributed by atoms with Gasteiger partial charge in [0.25, 0.3) is 0 Å². The van der Waals surface area contributed by atoms with E-state index < -0.39 is 41.6 Å². The van der Waals surface area contributed by atoms with Crippen molar-refractivity contribution in [1.29, 1.82) is 0 Å². The van der Waals surface area contributed by atoms with Crippen LogP contribution in [0.5, 0.6) is 0 Å². The number of hydrogen-bond acceptors (Lipinski definition) is 6. The van der Waals surface area contributed by atoms with Crippen LogP contribution in [0.15, 0.2) is 24.3 Å². The minimum Gasteiger partial charge on any atom is -0.468 e. The Balaban J connectivity index is 3.23. The quantitative estimate of drug-likeness (QED) is 0.454. The molecule has 180 valence electrons. The molecular weight excluding hydrogens is 426 g/mol. The number of carbonyl (C=O) groups is 4. The summed E-state index contributed by atoms with van der Waals surface area (Å²) in [5, 5.41) is 5.07. The fourth-order valence-electron chi connectivity index (χ4n) is 2.94. The number of hydrogen-bond donors (Lipinski definition) is 2. The zero-order valence-electron chi connectivity index (χ0n) is 20.2. The number of methoxy groups -OCH3 is 1. The highest BCUT2D eigenvalue weighted by molar-refractivity contribution is 5.93. The molecule has 2 unspecified atom stereocenters. The molecule has 0 heterocycles. The molecule has 0 aliphatic rings. The van der Waals surface area contributed by atoms with E-state index in [1.165, 1.54) is 19.1 Å². The number of carbonyl (C=O) groups excluding carboxylic acids is 4. The largest absolute Gasteiger partial charge is 0.468 e. The van der Waals surface area contributed by atoms with Crippen LogP contribution in [0, 0.1) is 18.3 Å². The summed E-state index contributed by atoms with van der Waals surface area (Å²) >= 11 is 0. The van der Waals surface area contributed by atoms with E-state index in [-0.39, 0.29) is 12.5 Å². The molecule has 0 radical (unpaired) electrons. The molecule has 0 aromatic heterocycles. The molecule has 9 heteroatoms. The van der Waals surface area contributed by atoms with Crippen molar-refractivity contribution in [3.05, 3.63) is 35.4 Å². The van der Waals surface area contributed by atoms with Gasteiger partial charge in [0.2, 0.25) is 11.8 Å². The van der Waals surface area contributed by atoms with Gasteiger partial charge in [-0.15, -0.1) is 6.42 Å². The standard InChI is InChI=1S/C24H33N3O6/c1-9-16-10-12-17(13-11-16)20(21(29)25-14-18(28)32-8)27(7)22(30)19(15(2)3)26-23(31)33-24(4,5)6/h1,10-13,15,19-20H,14H2,2-8H3,(H,25,29)(H,26,31). The van der Waals surface area contributed by atoms with Gasteiger partial charge >= 0.3 is 12.1 Å². The van der Waals surface area contributed by atoms with Crippen molar-refractivity contribution in [3.8, 4) is 12.3 Å². The first kappa shape index (κ1) is 27.5. The third kappa shape index (κ3) is 8.48. The van der Waals surface area contributed by atoms with Crippen LogP contribution < -0.4 is 10.6 Å². The third-order valence-corrected chi connectivity index (χ3v) is 4.62. The summed E-state index contributed by atoms with van der Waals surface area (Å²) in [6, 6.07) is 4.52. The van der Waals surface area contributed by atoms with Crippen LogP contribution in [0.2, 0.25) is 0 Å². The molecule has 1 aromatic rings. The van der Waals surface area contributed by atoms with Gasteiger partial charge in [0.1, 0.15) is 24.2 Å². The molecule has 9 nitrogen and oxygen atoms in total. The first-order valence-corrected chi connectivity index (χ1v) is 10.5. The van der Waals surface area contributed by atoms with E-state index in [4.69, 9.17) is 11.2 Å². The highest BCUT2D eigenvalue weighted by atomic mass is 16.6. The molecule has 2 N–H and O–H groups in total. The number of rotatable bonds is 8. The van der Waals surface area contributed by atoms with Crippen molar-refractivity contribution in [2.24, 2.45) is 5.92 Å². The van der Waals surface area contributed by atoms with Crippen molar-refractivity contribution in [1.82, 2.24) is 15.5 Å². The van der Waals surface area contributed by atoms with Crippen molar-refractivity contribution in [2.45, 2.75) is 52.3 Å². The maximum atomic E-state index is 13.4. The molecule has 1 rings (SSSR count). The van der Waals surface area contributed by atoms with Crippen LogP contribution in [0.25, 0.3) is 0 Å². The summed E-state index contributed by atoms with van der Waals surface area (Å²) in [4.78, 5) is 51.4. The lowest BCUT2D eigenvalue weighted by molar-refractivity contribution is -0.144. The summed E-state index contributed by atoms with van der Waals surface area (Å²) < 4.78 is 9.83. The molecule has 0 fully saturated rings. The second-order valence-corrected chi connectivity index (χ2v) is 8.78. The van der Waals surface area contributed by atoms with Gasteiger partial charge in [-0.2, -0.15) is 0 Å². The van der Waals surface area contributed by atoms with Crippen LogP contribution in [0.3, 0.4) is 0 Å². The zero-order valence-corrected chi connectivity index (χ0v) is 20.2. The minimum absolute atomic E-state index is 0.296. The minimum atomic E-state index is -1.09. The van der Waals surface area contributed by atoms with E-state index in [0.29, 0.717) is 11.1 Å². The van der Waals surface area contributed by atoms with Crippen LogP contribution in [0.4, 0.5) is 4.79 Å². The average Bonchev–Trinajstić information content (AvgIpc) is 2.74. The van der Waals surface area contributed by atoms with Crippen LogP contribution in [-0.4, -0.2) is 61.1 Å². The van der Waals surface area contributed by atoms with Crippen molar-refractivity contribution in [2.75, 3.05) is 20.7 Å². The zero-order chi connectivity index (χ0) is 25.3. The van der Waals surface area contributed by atoms with Crippen LogP contribution in [-0.2, 0) is 23.9 Å². The number of likely N-dealkylation sites (N-methyl/N-ethyl adjacent to an activating group) is 1. The van der Waals surface area contributed by atoms with Crippen molar-refractivity contribution in [3.63, 3.8) is 0 Å². The Bertz CT molecular complexity index is 896. The Labute approximate surface area is 195 Å². The Morgan fingerprint density at radius 2 is 1.70 bits per heavy atom. The molecule has 1 aromatic carbocycles. The van der Waals surface area contributed by atoms with Gasteiger partial charge in [-0.05, 0) is 44.4 Å². The fourth-order valence-corrected chi connectivity index (χ4v) is 2.94.